The summed E-state index contributed by atoms with van der Waals surface area (Å²) in [5.74, 6) is -1.31. The number of carboxylic acid groups (broad SMARTS) is 1. The average Bonchev–Trinajstić information content (AvgIpc) is 2.65. The van der Waals surface area contributed by atoms with E-state index in [9.17, 15) is 20.0 Å². The smallest absolute Gasteiger partial charge is 0.313 e. The highest BCUT2D eigenvalue weighted by Crippen LogP contribution is 2.24. The normalized spacial score (nSPS) is 10.4. The third-order valence-electron chi connectivity index (χ3n) is 2.76. The number of nitrogens with zero attached hydrogens (tertiary/aromatic N) is 3. The molecular formula is C12H10N3O4-. The molecule has 19 heavy (non-hydrogen) atoms. The van der Waals surface area contributed by atoms with Gasteiger partial charge < -0.3 is 9.90 Å². The van der Waals surface area contributed by atoms with Crippen LogP contribution in [0.5, 0.6) is 0 Å². The quantitative estimate of drug-likeness (QED) is 0.599. The molecular weight excluding hydrogens is 250 g/mol. The Morgan fingerprint density at radius 2 is 2.05 bits per heavy atom. The van der Waals surface area contributed by atoms with Crippen LogP contribution in [0.1, 0.15) is 21.7 Å². The lowest BCUT2D eigenvalue weighted by Crippen LogP contribution is -2.22. The minimum Gasteiger partial charge on any atom is -0.545 e. The Balaban J connectivity index is 2.60. The molecule has 0 spiro atoms. The van der Waals surface area contributed by atoms with Crippen molar-refractivity contribution in [3.63, 3.8) is 0 Å². The summed E-state index contributed by atoms with van der Waals surface area (Å²) in [6.45, 7) is 3.09. The van der Waals surface area contributed by atoms with Gasteiger partial charge >= 0.3 is 5.69 Å². The van der Waals surface area contributed by atoms with Gasteiger partial charge in [-0.3, -0.25) is 10.1 Å². The van der Waals surface area contributed by atoms with Gasteiger partial charge in [0.2, 0.25) is 0 Å². The number of aromatic nitrogens is 2. The highest BCUT2D eigenvalue weighted by molar-refractivity contribution is 5.86. The van der Waals surface area contributed by atoms with E-state index in [1.807, 2.05) is 0 Å². The molecule has 0 amide bonds. The second-order valence-electron chi connectivity index (χ2n) is 4.03. The van der Waals surface area contributed by atoms with Crippen LogP contribution in [0.15, 0.2) is 24.3 Å². The maximum atomic E-state index is 10.9. The molecule has 2 rings (SSSR count). The lowest BCUT2D eigenvalue weighted by molar-refractivity contribution is -0.386. The van der Waals surface area contributed by atoms with Crippen LogP contribution in [0.4, 0.5) is 5.69 Å². The van der Waals surface area contributed by atoms with Gasteiger partial charge in [0.1, 0.15) is 11.4 Å². The Hall–Kier alpha value is -2.70. The number of carboxylic acids is 1. The summed E-state index contributed by atoms with van der Waals surface area (Å²) in [4.78, 5) is 21.2. The topological polar surface area (TPSA) is 101 Å². The van der Waals surface area contributed by atoms with Crippen molar-refractivity contribution >= 4 is 11.7 Å². The molecule has 0 aliphatic heterocycles. The number of aromatic carboxylic acids is 1. The summed E-state index contributed by atoms with van der Waals surface area (Å²) in [7, 11) is 0. The lowest BCUT2D eigenvalue weighted by atomic mass is 10.2. The van der Waals surface area contributed by atoms with Crippen LogP contribution in [-0.2, 0) is 0 Å². The number of hydrogen-bond donors (Lipinski definition) is 0. The SMILES string of the molecule is Cc1nn(-c2cccc(C(=O)[O-])c2)c(C)c1[N+](=O)[O-]. The second-order valence-corrected chi connectivity index (χ2v) is 4.03. The lowest BCUT2D eigenvalue weighted by Gasteiger charge is -2.07. The van der Waals surface area contributed by atoms with E-state index in [1.54, 1.807) is 13.0 Å². The van der Waals surface area contributed by atoms with Gasteiger partial charge in [-0.15, -0.1) is 0 Å². The van der Waals surface area contributed by atoms with Crippen LogP contribution in [0.3, 0.4) is 0 Å². The van der Waals surface area contributed by atoms with Crippen LogP contribution >= 0.6 is 0 Å². The van der Waals surface area contributed by atoms with Crippen molar-refractivity contribution in [3.05, 3.63) is 51.3 Å². The average molecular weight is 260 g/mol. The summed E-state index contributed by atoms with van der Waals surface area (Å²) in [6, 6.07) is 5.90. The van der Waals surface area contributed by atoms with Gasteiger partial charge in [0.25, 0.3) is 0 Å². The molecule has 0 aliphatic carbocycles. The highest BCUT2D eigenvalue weighted by Gasteiger charge is 2.22. The Kier molecular flexibility index (Phi) is 3.04. The van der Waals surface area contributed by atoms with Gasteiger partial charge in [0, 0.05) is 0 Å². The van der Waals surface area contributed by atoms with E-state index in [0.29, 0.717) is 11.4 Å². The van der Waals surface area contributed by atoms with Crippen molar-refractivity contribution in [2.75, 3.05) is 0 Å². The van der Waals surface area contributed by atoms with Crippen molar-refractivity contribution in [2.45, 2.75) is 13.8 Å². The van der Waals surface area contributed by atoms with Crippen LogP contribution in [0.2, 0.25) is 0 Å². The molecule has 0 saturated carbocycles. The van der Waals surface area contributed by atoms with E-state index < -0.39 is 10.9 Å². The van der Waals surface area contributed by atoms with E-state index in [2.05, 4.69) is 5.10 Å². The summed E-state index contributed by atoms with van der Waals surface area (Å²) in [5.41, 5.74) is 0.987. The first-order chi connectivity index (χ1) is 8.91. The Labute approximate surface area is 108 Å². The molecule has 0 bridgehead atoms. The Bertz CT molecular complexity index is 676. The summed E-state index contributed by atoms with van der Waals surface area (Å²) in [5, 5.41) is 25.8. The maximum Gasteiger partial charge on any atom is 0.313 e. The minimum atomic E-state index is -1.31. The first-order valence-electron chi connectivity index (χ1n) is 5.44. The Morgan fingerprint density at radius 1 is 1.37 bits per heavy atom. The zero-order valence-corrected chi connectivity index (χ0v) is 10.3. The van der Waals surface area contributed by atoms with Crippen molar-refractivity contribution in [1.82, 2.24) is 9.78 Å². The zero-order valence-electron chi connectivity index (χ0n) is 10.3. The first-order valence-corrected chi connectivity index (χ1v) is 5.44. The fourth-order valence-electron chi connectivity index (χ4n) is 1.91. The number of rotatable bonds is 3. The van der Waals surface area contributed by atoms with Crippen molar-refractivity contribution in [2.24, 2.45) is 0 Å². The highest BCUT2D eigenvalue weighted by atomic mass is 16.6. The monoisotopic (exact) mass is 260 g/mol. The van der Waals surface area contributed by atoms with Crippen LogP contribution < -0.4 is 5.11 Å². The molecule has 0 atom stereocenters. The molecule has 2 aromatic rings. The largest absolute Gasteiger partial charge is 0.545 e. The van der Waals surface area contributed by atoms with Crippen molar-refractivity contribution < 1.29 is 14.8 Å². The summed E-state index contributed by atoms with van der Waals surface area (Å²) < 4.78 is 1.35. The number of benzene rings is 1. The molecule has 7 nitrogen and oxygen atoms in total. The fraction of sp³-hybridized carbons (Fsp3) is 0.167. The summed E-state index contributed by atoms with van der Waals surface area (Å²) in [6.07, 6.45) is 0. The zero-order chi connectivity index (χ0) is 14.2. The van der Waals surface area contributed by atoms with Gasteiger partial charge in [0.05, 0.1) is 16.6 Å². The van der Waals surface area contributed by atoms with E-state index in [0.717, 1.165) is 0 Å². The van der Waals surface area contributed by atoms with Gasteiger partial charge in [-0.25, -0.2) is 4.68 Å². The van der Waals surface area contributed by atoms with Crippen molar-refractivity contribution in [3.8, 4) is 5.69 Å². The van der Waals surface area contributed by atoms with Gasteiger partial charge in [-0.05, 0) is 31.5 Å². The van der Waals surface area contributed by atoms with Gasteiger partial charge in [-0.1, -0.05) is 12.1 Å². The molecule has 0 N–H and O–H groups in total. The molecule has 7 heteroatoms. The standard InChI is InChI=1S/C12H11N3O4/c1-7-11(15(18)19)8(2)14(13-7)10-5-3-4-9(6-10)12(16)17/h3-6H,1-2H3,(H,16,17)/p-1. The van der Waals surface area contributed by atoms with Crippen LogP contribution in [0, 0.1) is 24.0 Å². The number of nitro groups is 1. The van der Waals surface area contributed by atoms with Gasteiger partial charge in [0.15, 0.2) is 0 Å². The number of hydrogen-bond acceptors (Lipinski definition) is 5. The van der Waals surface area contributed by atoms with E-state index in [4.69, 9.17) is 0 Å². The Morgan fingerprint density at radius 3 is 2.58 bits per heavy atom. The van der Waals surface area contributed by atoms with Crippen LogP contribution in [0.25, 0.3) is 5.69 Å². The molecule has 0 fully saturated rings. The second kappa shape index (κ2) is 4.52. The molecule has 1 aromatic carbocycles. The molecule has 0 radical (unpaired) electrons. The minimum absolute atomic E-state index is 0.00675. The first kappa shape index (κ1) is 12.7. The molecule has 0 saturated heterocycles. The number of aryl methyl sites for hydroxylation is 1. The fourth-order valence-corrected chi connectivity index (χ4v) is 1.91. The molecule has 0 unspecified atom stereocenters. The summed E-state index contributed by atoms with van der Waals surface area (Å²) >= 11 is 0. The third-order valence-corrected chi connectivity index (χ3v) is 2.76. The number of carbonyl (C=O) groups excluding carboxylic acids is 1. The molecule has 1 aromatic heterocycles. The maximum absolute atomic E-state index is 10.9. The van der Waals surface area contributed by atoms with Crippen molar-refractivity contribution in [1.29, 1.82) is 0 Å². The van der Waals surface area contributed by atoms with Gasteiger partial charge in [-0.2, -0.15) is 5.10 Å². The molecule has 98 valence electrons. The predicted molar refractivity (Wildman–Crippen MR) is 64.0 cm³/mol. The van der Waals surface area contributed by atoms with Crippen LogP contribution in [-0.4, -0.2) is 20.7 Å². The van der Waals surface area contributed by atoms with E-state index >= 15 is 0 Å². The molecule has 0 aliphatic rings. The molecule has 1 heterocycles. The van der Waals surface area contributed by atoms with E-state index in [-0.39, 0.29) is 16.9 Å². The predicted octanol–water partition coefficient (Wildman–Crippen LogP) is 0.761. The number of carbonyl (C=O) groups is 1. The van der Waals surface area contributed by atoms with E-state index in [1.165, 1.54) is 29.8 Å². The third kappa shape index (κ3) is 2.17.